The summed E-state index contributed by atoms with van der Waals surface area (Å²) in [5, 5.41) is 4.20. The van der Waals surface area contributed by atoms with Crippen LogP contribution in [0.1, 0.15) is 16.3 Å². The third kappa shape index (κ3) is 3.27. The van der Waals surface area contributed by atoms with Crippen molar-refractivity contribution in [1.82, 2.24) is 14.1 Å². The van der Waals surface area contributed by atoms with Crippen molar-refractivity contribution in [3.8, 4) is 0 Å². The van der Waals surface area contributed by atoms with Crippen LogP contribution in [0.2, 0.25) is 4.34 Å². The second kappa shape index (κ2) is 6.54. The summed E-state index contributed by atoms with van der Waals surface area (Å²) in [5.74, 6) is 0. The van der Waals surface area contributed by atoms with Crippen LogP contribution in [0.15, 0.2) is 29.7 Å². The molecule has 0 aromatic carbocycles. The second-order valence-electron chi connectivity index (χ2n) is 4.92. The van der Waals surface area contributed by atoms with Crippen LogP contribution in [0.5, 0.6) is 0 Å². The lowest BCUT2D eigenvalue weighted by atomic mass is 10.4. The predicted molar refractivity (Wildman–Crippen MR) is 89.8 cm³/mol. The van der Waals surface area contributed by atoms with Gasteiger partial charge in [-0.25, -0.2) is 8.42 Å². The summed E-state index contributed by atoms with van der Waals surface area (Å²) in [6.07, 6.45) is 1.58. The molecule has 0 atom stereocenters. The van der Waals surface area contributed by atoms with Gasteiger partial charge in [-0.05, 0) is 26.0 Å². The maximum Gasteiger partial charge on any atom is 0.247 e. The molecule has 22 heavy (non-hydrogen) atoms. The SMILES string of the molecule is C=CCN(Cc1ccc(Cl)s1)S(=O)(=O)c1c(C)nn(C)c1C. The van der Waals surface area contributed by atoms with Crippen LogP contribution in [-0.2, 0) is 23.6 Å². The predicted octanol–water partition coefficient (Wildman–Crippen LogP) is 3.13. The number of nitrogens with zero attached hydrogens (tertiary/aromatic N) is 3. The van der Waals surface area contributed by atoms with Crippen LogP contribution in [0, 0.1) is 13.8 Å². The van der Waals surface area contributed by atoms with Gasteiger partial charge in [0.15, 0.2) is 0 Å². The van der Waals surface area contributed by atoms with Gasteiger partial charge in [-0.1, -0.05) is 17.7 Å². The largest absolute Gasteiger partial charge is 0.271 e. The van der Waals surface area contributed by atoms with Crippen molar-refractivity contribution in [2.24, 2.45) is 7.05 Å². The number of aromatic nitrogens is 2. The molecule has 2 aromatic heterocycles. The van der Waals surface area contributed by atoms with Crippen LogP contribution in [0.25, 0.3) is 0 Å². The molecule has 0 amide bonds. The van der Waals surface area contributed by atoms with Gasteiger partial charge in [0.2, 0.25) is 10.0 Å². The molecule has 120 valence electrons. The molecular weight excluding hydrogens is 342 g/mol. The molecule has 0 aliphatic heterocycles. The highest BCUT2D eigenvalue weighted by Gasteiger charge is 2.30. The Hall–Kier alpha value is -1.15. The van der Waals surface area contributed by atoms with E-state index in [1.165, 1.54) is 15.6 Å². The highest BCUT2D eigenvalue weighted by Crippen LogP contribution is 2.27. The first-order valence-corrected chi connectivity index (χ1v) is 9.26. The Kier molecular flexibility index (Phi) is 5.11. The van der Waals surface area contributed by atoms with Gasteiger partial charge >= 0.3 is 0 Å². The zero-order chi connectivity index (χ0) is 16.5. The number of thiophene rings is 1. The van der Waals surface area contributed by atoms with Gasteiger partial charge in [0.05, 0.1) is 15.7 Å². The first-order valence-electron chi connectivity index (χ1n) is 6.62. The molecule has 2 rings (SSSR count). The Morgan fingerprint density at radius 1 is 1.45 bits per heavy atom. The van der Waals surface area contributed by atoms with Crippen molar-refractivity contribution in [3.05, 3.63) is 45.4 Å². The molecule has 0 radical (unpaired) electrons. The van der Waals surface area contributed by atoms with E-state index in [1.54, 1.807) is 37.7 Å². The molecule has 0 aliphatic carbocycles. The number of sulfonamides is 1. The summed E-state index contributed by atoms with van der Waals surface area (Å²) in [6.45, 7) is 7.60. The van der Waals surface area contributed by atoms with E-state index in [0.717, 1.165) is 4.88 Å². The van der Waals surface area contributed by atoms with E-state index in [2.05, 4.69) is 11.7 Å². The standard InChI is InChI=1S/C14H18ClN3O2S2/c1-5-8-18(9-12-6-7-13(15)21-12)22(19,20)14-10(2)16-17(4)11(14)3/h5-7H,1,8-9H2,2-4H3. The molecule has 0 unspecified atom stereocenters. The number of rotatable bonds is 6. The van der Waals surface area contributed by atoms with Gasteiger partial charge in [0.1, 0.15) is 4.90 Å². The van der Waals surface area contributed by atoms with E-state index < -0.39 is 10.0 Å². The van der Waals surface area contributed by atoms with Crippen molar-refractivity contribution in [1.29, 1.82) is 0 Å². The van der Waals surface area contributed by atoms with E-state index in [-0.39, 0.29) is 18.0 Å². The van der Waals surface area contributed by atoms with Crippen molar-refractivity contribution >= 4 is 33.0 Å². The Labute approximate surface area is 139 Å². The molecule has 8 heteroatoms. The minimum atomic E-state index is -3.65. The molecule has 2 aromatic rings. The fourth-order valence-corrected chi connectivity index (χ4v) is 5.23. The topological polar surface area (TPSA) is 55.2 Å². The first-order chi connectivity index (χ1) is 10.3. The third-order valence-electron chi connectivity index (χ3n) is 3.33. The molecule has 0 bridgehead atoms. The summed E-state index contributed by atoms with van der Waals surface area (Å²) in [6, 6.07) is 3.60. The second-order valence-corrected chi connectivity index (χ2v) is 8.59. The molecule has 0 fully saturated rings. The Morgan fingerprint density at radius 3 is 2.59 bits per heavy atom. The van der Waals surface area contributed by atoms with E-state index in [9.17, 15) is 8.42 Å². The maximum absolute atomic E-state index is 13.0. The van der Waals surface area contributed by atoms with Gasteiger partial charge in [-0.3, -0.25) is 4.68 Å². The van der Waals surface area contributed by atoms with Crippen molar-refractivity contribution in [2.75, 3.05) is 6.54 Å². The van der Waals surface area contributed by atoms with Crippen LogP contribution in [0.3, 0.4) is 0 Å². The maximum atomic E-state index is 13.0. The average Bonchev–Trinajstić information content (AvgIpc) is 2.93. The molecule has 0 saturated heterocycles. The quantitative estimate of drug-likeness (QED) is 0.744. The molecular formula is C14H18ClN3O2S2. The molecule has 0 spiro atoms. The van der Waals surface area contributed by atoms with E-state index in [1.807, 2.05) is 6.07 Å². The summed E-state index contributed by atoms with van der Waals surface area (Å²) in [7, 11) is -1.92. The average molecular weight is 360 g/mol. The summed E-state index contributed by atoms with van der Waals surface area (Å²) >= 11 is 7.29. The van der Waals surface area contributed by atoms with Crippen LogP contribution >= 0.6 is 22.9 Å². The number of hydrogen-bond donors (Lipinski definition) is 0. The Balaban J connectivity index is 2.43. The lowest BCUT2D eigenvalue weighted by molar-refractivity contribution is 0.440. The Morgan fingerprint density at radius 2 is 2.14 bits per heavy atom. The minimum Gasteiger partial charge on any atom is -0.271 e. The fraction of sp³-hybridized carbons (Fsp3) is 0.357. The van der Waals surface area contributed by atoms with Gasteiger partial charge in [-0.2, -0.15) is 9.40 Å². The Bertz CT molecular complexity index is 793. The van der Waals surface area contributed by atoms with Crippen LogP contribution < -0.4 is 0 Å². The van der Waals surface area contributed by atoms with Gasteiger partial charge in [-0.15, -0.1) is 17.9 Å². The summed E-state index contributed by atoms with van der Waals surface area (Å²) in [5.41, 5.74) is 1.12. The van der Waals surface area contributed by atoms with E-state index >= 15 is 0 Å². The third-order valence-corrected chi connectivity index (χ3v) is 6.61. The molecule has 2 heterocycles. The van der Waals surface area contributed by atoms with E-state index in [0.29, 0.717) is 15.7 Å². The summed E-state index contributed by atoms with van der Waals surface area (Å²) in [4.78, 5) is 1.15. The van der Waals surface area contributed by atoms with Gasteiger partial charge in [0, 0.05) is 25.0 Å². The summed E-state index contributed by atoms with van der Waals surface area (Å²) < 4.78 is 29.6. The van der Waals surface area contributed by atoms with Crippen molar-refractivity contribution in [2.45, 2.75) is 25.3 Å². The number of aryl methyl sites for hydroxylation is 2. The molecule has 0 N–H and O–H groups in total. The number of halogens is 1. The minimum absolute atomic E-state index is 0.228. The smallest absolute Gasteiger partial charge is 0.247 e. The number of hydrogen-bond acceptors (Lipinski definition) is 4. The zero-order valence-corrected chi connectivity index (χ0v) is 15.1. The molecule has 0 aliphatic rings. The van der Waals surface area contributed by atoms with Gasteiger partial charge < -0.3 is 0 Å². The molecule has 5 nitrogen and oxygen atoms in total. The first kappa shape index (κ1) is 17.2. The zero-order valence-electron chi connectivity index (χ0n) is 12.7. The van der Waals surface area contributed by atoms with Crippen molar-refractivity contribution < 1.29 is 8.42 Å². The normalized spacial score (nSPS) is 12.0. The van der Waals surface area contributed by atoms with E-state index in [4.69, 9.17) is 11.6 Å². The van der Waals surface area contributed by atoms with Crippen LogP contribution in [0.4, 0.5) is 0 Å². The molecule has 0 saturated carbocycles. The highest BCUT2D eigenvalue weighted by molar-refractivity contribution is 7.89. The highest BCUT2D eigenvalue weighted by atomic mass is 35.5. The lowest BCUT2D eigenvalue weighted by Crippen LogP contribution is -2.31. The van der Waals surface area contributed by atoms with Crippen LogP contribution in [-0.4, -0.2) is 29.0 Å². The fourth-order valence-electron chi connectivity index (χ4n) is 2.26. The van der Waals surface area contributed by atoms with Gasteiger partial charge in [0.25, 0.3) is 0 Å². The monoisotopic (exact) mass is 359 g/mol. The van der Waals surface area contributed by atoms with Crippen molar-refractivity contribution in [3.63, 3.8) is 0 Å². The lowest BCUT2D eigenvalue weighted by Gasteiger charge is -2.20.